The highest BCUT2D eigenvalue weighted by atomic mass is 19.4. The highest BCUT2D eigenvalue weighted by Crippen LogP contribution is 2.52. The number of phenolic OH excluding ortho intramolecular Hbond substituents is 1. The number of ether oxygens (including phenoxy) is 1. The highest BCUT2D eigenvalue weighted by molar-refractivity contribution is 6.22. The Balaban J connectivity index is 1.31. The second kappa shape index (κ2) is 13.1. The highest BCUT2D eigenvalue weighted by Gasteiger charge is 2.57. The Kier molecular flexibility index (Phi) is 9.16. The first-order valence-corrected chi connectivity index (χ1v) is 15.8. The van der Waals surface area contributed by atoms with Crippen molar-refractivity contribution in [2.45, 2.75) is 57.5 Å². The summed E-state index contributed by atoms with van der Waals surface area (Å²) in [6, 6.07) is 10.1. The van der Waals surface area contributed by atoms with Gasteiger partial charge in [0, 0.05) is 12.1 Å². The van der Waals surface area contributed by atoms with Crippen LogP contribution in [0.1, 0.15) is 61.4 Å². The molecule has 2 saturated heterocycles. The van der Waals surface area contributed by atoms with E-state index < -0.39 is 76.4 Å². The van der Waals surface area contributed by atoms with Crippen LogP contribution < -0.4 is 4.90 Å². The Morgan fingerprint density at radius 3 is 2.31 bits per heavy atom. The van der Waals surface area contributed by atoms with E-state index in [9.17, 15) is 45.4 Å². The van der Waals surface area contributed by atoms with Crippen LogP contribution in [0.5, 0.6) is 5.75 Å². The Labute approximate surface area is 276 Å². The standard InChI is InChI=1S/C36H31F7N2O4/c1-2-5-21-14-25-32(34(48)45(33(25)47)24-16-22(35(38,39)40)15-23(17-24)36(41,42)43)26-18-49-30(31(21)26)10-8-20(28-6-3-4-11-44-28)12-19-7-9-29(46)27(37)13-19/h3-4,6-7,9,11-13,15-17,25-26,30,32,46H,2,5,8,10,14,18H2,1H3/b20-12-/t25-,26+,30-,32-/m1/s1. The van der Waals surface area contributed by atoms with Gasteiger partial charge in [-0.2, -0.15) is 26.3 Å². The fourth-order valence-electron chi connectivity index (χ4n) is 7.26. The minimum atomic E-state index is -5.15. The SMILES string of the molecule is CCCC1=C2[C@@H](CC/C(=C/c3ccc(O)c(F)c3)c3ccccn3)OC[C@@H]2[C@@H]2C(=O)N(c3cc(C(F)(F)F)cc(C(F)(F)F)c3)C(=O)[C@@H]2C1. The first kappa shape index (κ1) is 34.3. The lowest BCUT2D eigenvalue weighted by Crippen LogP contribution is -2.34. The van der Waals surface area contributed by atoms with Crippen molar-refractivity contribution in [3.8, 4) is 5.75 Å². The van der Waals surface area contributed by atoms with E-state index in [4.69, 9.17) is 4.74 Å². The van der Waals surface area contributed by atoms with E-state index in [1.807, 2.05) is 6.92 Å². The van der Waals surface area contributed by atoms with Gasteiger partial charge in [0.05, 0.1) is 47.1 Å². The van der Waals surface area contributed by atoms with Gasteiger partial charge in [-0.15, -0.1) is 0 Å². The Morgan fingerprint density at radius 2 is 1.69 bits per heavy atom. The van der Waals surface area contributed by atoms with Gasteiger partial charge in [-0.1, -0.05) is 31.1 Å². The fraction of sp³-hybridized carbons (Fsp3) is 0.361. The van der Waals surface area contributed by atoms with E-state index in [2.05, 4.69) is 4.98 Å². The van der Waals surface area contributed by atoms with Crippen LogP contribution in [0.25, 0.3) is 11.6 Å². The Bertz CT molecular complexity index is 1800. The summed E-state index contributed by atoms with van der Waals surface area (Å²) in [6.45, 7) is 1.98. The number of amides is 2. The lowest BCUT2D eigenvalue weighted by atomic mass is 9.68. The number of hydrogen-bond acceptors (Lipinski definition) is 5. The first-order chi connectivity index (χ1) is 23.2. The summed E-state index contributed by atoms with van der Waals surface area (Å²) in [5, 5.41) is 9.62. The lowest BCUT2D eigenvalue weighted by molar-refractivity contribution is -0.143. The number of aromatic hydroxyl groups is 1. The molecule has 0 saturated carbocycles. The summed E-state index contributed by atoms with van der Waals surface area (Å²) < 4.78 is 102. The molecular weight excluding hydrogens is 657 g/mol. The summed E-state index contributed by atoms with van der Waals surface area (Å²) in [5.74, 6) is -5.52. The molecule has 6 rings (SSSR count). The molecule has 6 nitrogen and oxygen atoms in total. The fourth-order valence-corrected chi connectivity index (χ4v) is 7.26. The van der Waals surface area contributed by atoms with E-state index >= 15 is 0 Å². The van der Waals surface area contributed by atoms with Gasteiger partial charge in [0.1, 0.15) is 0 Å². The monoisotopic (exact) mass is 688 g/mol. The van der Waals surface area contributed by atoms with Crippen LogP contribution in [-0.4, -0.2) is 34.6 Å². The Hall–Kier alpha value is -4.52. The normalized spacial score (nSPS) is 22.9. The molecule has 49 heavy (non-hydrogen) atoms. The van der Waals surface area contributed by atoms with Gasteiger partial charge < -0.3 is 9.84 Å². The van der Waals surface area contributed by atoms with Crippen molar-refractivity contribution in [3.63, 3.8) is 0 Å². The summed E-state index contributed by atoms with van der Waals surface area (Å²) in [4.78, 5) is 32.5. The predicted molar refractivity (Wildman–Crippen MR) is 165 cm³/mol. The molecule has 258 valence electrons. The third-order valence-electron chi connectivity index (χ3n) is 9.37. The van der Waals surface area contributed by atoms with Crippen LogP contribution in [0.15, 0.2) is 71.9 Å². The van der Waals surface area contributed by atoms with Gasteiger partial charge in [-0.3, -0.25) is 14.6 Å². The third-order valence-corrected chi connectivity index (χ3v) is 9.37. The van der Waals surface area contributed by atoms with Gasteiger partial charge in [-0.25, -0.2) is 9.29 Å². The van der Waals surface area contributed by atoms with E-state index in [1.165, 1.54) is 12.1 Å². The zero-order valence-corrected chi connectivity index (χ0v) is 26.1. The summed E-state index contributed by atoms with van der Waals surface area (Å²) >= 11 is 0. The molecule has 0 spiro atoms. The number of rotatable bonds is 8. The van der Waals surface area contributed by atoms with Gasteiger partial charge in [-0.05, 0) is 90.9 Å². The third kappa shape index (κ3) is 6.72. The average molecular weight is 689 g/mol. The second-order valence-corrected chi connectivity index (χ2v) is 12.5. The van der Waals surface area contributed by atoms with Gasteiger partial charge in [0.2, 0.25) is 11.8 Å². The number of nitrogens with zero attached hydrogens (tertiary/aromatic N) is 2. The molecule has 0 unspecified atom stereocenters. The van der Waals surface area contributed by atoms with Crippen molar-refractivity contribution < 1.29 is 50.2 Å². The summed E-state index contributed by atoms with van der Waals surface area (Å²) in [6.07, 6.45) is -5.23. The second-order valence-electron chi connectivity index (χ2n) is 12.5. The van der Waals surface area contributed by atoms with Crippen LogP contribution in [-0.2, 0) is 26.7 Å². The van der Waals surface area contributed by atoms with Crippen molar-refractivity contribution in [3.05, 3.63) is 100 Å². The average Bonchev–Trinajstić information content (AvgIpc) is 3.58. The van der Waals surface area contributed by atoms with Crippen molar-refractivity contribution in [2.24, 2.45) is 17.8 Å². The molecule has 2 fully saturated rings. The lowest BCUT2D eigenvalue weighted by Gasteiger charge is -2.32. The molecule has 3 aliphatic rings. The zero-order chi connectivity index (χ0) is 35.2. The van der Waals surface area contributed by atoms with E-state index in [0.29, 0.717) is 54.0 Å². The van der Waals surface area contributed by atoms with E-state index in [1.54, 1.807) is 36.5 Å². The molecule has 13 heteroatoms. The van der Waals surface area contributed by atoms with Crippen LogP contribution in [0.3, 0.4) is 0 Å². The largest absolute Gasteiger partial charge is 0.505 e. The molecule has 0 bridgehead atoms. The van der Waals surface area contributed by atoms with Crippen LogP contribution >= 0.6 is 0 Å². The molecule has 4 atom stereocenters. The van der Waals surface area contributed by atoms with E-state index in [-0.39, 0.29) is 19.1 Å². The number of benzene rings is 2. The van der Waals surface area contributed by atoms with Crippen LogP contribution in [0, 0.1) is 23.6 Å². The maximum absolute atomic E-state index is 14.1. The van der Waals surface area contributed by atoms with Crippen LogP contribution in [0.4, 0.5) is 36.4 Å². The number of alkyl halides is 6. The number of fused-ring (bicyclic) bond motifs is 3. The number of allylic oxidation sites excluding steroid dienone is 2. The maximum atomic E-state index is 14.1. The van der Waals surface area contributed by atoms with Gasteiger partial charge >= 0.3 is 12.4 Å². The molecular formula is C36H31F7N2O4. The minimum absolute atomic E-state index is 0.0399. The molecule has 0 radical (unpaired) electrons. The van der Waals surface area contributed by atoms with Gasteiger partial charge in [0.25, 0.3) is 0 Å². The number of anilines is 1. The number of aromatic nitrogens is 1. The topological polar surface area (TPSA) is 79.7 Å². The number of halogens is 7. The number of carbonyl (C=O) groups is 2. The zero-order valence-electron chi connectivity index (χ0n) is 26.1. The van der Waals surface area contributed by atoms with Crippen molar-refractivity contribution in [2.75, 3.05) is 11.5 Å². The molecule has 3 aromatic rings. The number of carbonyl (C=O) groups excluding carboxylic acids is 2. The number of hydrogen-bond donors (Lipinski definition) is 1. The molecule has 1 aliphatic carbocycles. The summed E-state index contributed by atoms with van der Waals surface area (Å²) in [5.41, 5.74) is -0.410. The van der Waals surface area contributed by atoms with Crippen LogP contribution in [0.2, 0.25) is 0 Å². The number of pyridine rings is 1. The van der Waals surface area contributed by atoms with Crippen molar-refractivity contribution >= 4 is 29.2 Å². The molecule has 2 amide bonds. The van der Waals surface area contributed by atoms with Crippen molar-refractivity contribution in [1.29, 1.82) is 0 Å². The Morgan fingerprint density at radius 1 is 0.980 bits per heavy atom. The molecule has 3 heterocycles. The molecule has 1 N–H and O–H groups in total. The predicted octanol–water partition coefficient (Wildman–Crippen LogP) is 8.61. The number of imide groups is 1. The quantitative estimate of drug-likeness (QED) is 0.146. The maximum Gasteiger partial charge on any atom is 0.416 e. The molecule has 2 aliphatic heterocycles. The van der Waals surface area contributed by atoms with Crippen molar-refractivity contribution in [1.82, 2.24) is 4.98 Å². The van der Waals surface area contributed by atoms with E-state index in [0.717, 1.165) is 16.7 Å². The van der Waals surface area contributed by atoms with Gasteiger partial charge in [0.15, 0.2) is 11.6 Å². The smallest absolute Gasteiger partial charge is 0.416 e. The molecule has 2 aromatic carbocycles. The number of phenols is 1. The minimum Gasteiger partial charge on any atom is -0.505 e. The first-order valence-electron chi connectivity index (χ1n) is 15.8. The molecule has 1 aromatic heterocycles. The summed E-state index contributed by atoms with van der Waals surface area (Å²) in [7, 11) is 0.